The molecule has 204 valence electrons. The summed E-state index contributed by atoms with van der Waals surface area (Å²) in [6.07, 6.45) is 0. The molecule has 0 aliphatic carbocycles. The molecule has 0 N–H and O–H groups in total. The van der Waals surface area contributed by atoms with Gasteiger partial charge in [0.2, 0.25) is 0 Å². The third kappa shape index (κ3) is 4.89. The predicted octanol–water partition coefficient (Wildman–Crippen LogP) is 7.07. The Morgan fingerprint density at radius 3 is 1.51 bits per heavy atom. The third-order valence-corrected chi connectivity index (χ3v) is 7.16. The van der Waals surface area contributed by atoms with Gasteiger partial charge in [-0.2, -0.15) is 0 Å². The molecule has 7 heteroatoms. The van der Waals surface area contributed by atoms with Crippen LogP contribution in [0.3, 0.4) is 0 Å². The standard InChI is InChI=1S/C32H37N3O4/c1-16-12-17(2)25(18(3)13-16)31-33-30(23-14-20(5)27(37-9)22(7)28(23)38-10)34-32(35-31)26-19(4)15-24(36-8)21(6)29(26)39-11/h12-15H,1-11H3. The summed E-state index contributed by atoms with van der Waals surface area (Å²) in [6.45, 7) is 14.2. The van der Waals surface area contributed by atoms with Gasteiger partial charge in [0.05, 0.1) is 39.6 Å². The fourth-order valence-corrected chi connectivity index (χ4v) is 5.55. The number of hydrogen-bond acceptors (Lipinski definition) is 7. The quantitative estimate of drug-likeness (QED) is 0.254. The van der Waals surface area contributed by atoms with Crippen LogP contribution in [-0.2, 0) is 0 Å². The van der Waals surface area contributed by atoms with Gasteiger partial charge in [-0.3, -0.25) is 0 Å². The van der Waals surface area contributed by atoms with Crippen LogP contribution in [0.1, 0.15) is 38.9 Å². The number of ether oxygens (including phenoxy) is 4. The van der Waals surface area contributed by atoms with Gasteiger partial charge < -0.3 is 18.9 Å². The predicted molar refractivity (Wildman–Crippen MR) is 156 cm³/mol. The van der Waals surface area contributed by atoms with Crippen LogP contribution in [0.25, 0.3) is 34.2 Å². The average Bonchev–Trinajstić information content (AvgIpc) is 2.88. The van der Waals surface area contributed by atoms with E-state index in [2.05, 4.69) is 32.9 Å². The zero-order valence-corrected chi connectivity index (χ0v) is 24.8. The fraction of sp³-hybridized carbons (Fsp3) is 0.344. The van der Waals surface area contributed by atoms with Crippen molar-refractivity contribution in [2.45, 2.75) is 48.5 Å². The van der Waals surface area contributed by atoms with Crippen LogP contribution in [0.2, 0.25) is 0 Å². The highest BCUT2D eigenvalue weighted by molar-refractivity contribution is 5.78. The van der Waals surface area contributed by atoms with Gasteiger partial charge in [0.1, 0.15) is 23.0 Å². The van der Waals surface area contributed by atoms with Crippen molar-refractivity contribution in [1.82, 2.24) is 15.0 Å². The molecule has 0 saturated heterocycles. The number of aryl methyl sites for hydroxylation is 5. The lowest BCUT2D eigenvalue weighted by molar-refractivity contribution is 0.387. The first kappa shape index (κ1) is 27.9. The van der Waals surface area contributed by atoms with Crippen LogP contribution in [-0.4, -0.2) is 43.4 Å². The molecular weight excluding hydrogens is 490 g/mol. The van der Waals surface area contributed by atoms with Gasteiger partial charge in [0, 0.05) is 16.7 Å². The van der Waals surface area contributed by atoms with Crippen molar-refractivity contribution >= 4 is 0 Å². The van der Waals surface area contributed by atoms with Gasteiger partial charge in [-0.1, -0.05) is 17.7 Å². The van der Waals surface area contributed by atoms with Crippen molar-refractivity contribution in [3.05, 3.63) is 63.2 Å². The number of rotatable bonds is 7. The Bertz CT molecular complexity index is 1550. The molecule has 1 heterocycles. The molecule has 0 aliphatic rings. The first-order valence-corrected chi connectivity index (χ1v) is 12.9. The van der Waals surface area contributed by atoms with E-state index < -0.39 is 0 Å². The van der Waals surface area contributed by atoms with Crippen LogP contribution in [0.5, 0.6) is 23.0 Å². The number of aromatic nitrogens is 3. The lowest BCUT2D eigenvalue weighted by Crippen LogP contribution is -2.06. The normalized spacial score (nSPS) is 10.9. The Balaban J connectivity index is 2.14. The number of methoxy groups -OCH3 is 4. The van der Waals surface area contributed by atoms with Gasteiger partial charge in [-0.05, 0) is 82.9 Å². The van der Waals surface area contributed by atoms with E-state index in [1.165, 1.54) is 5.56 Å². The molecule has 0 bridgehead atoms. The molecule has 0 spiro atoms. The van der Waals surface area contributed by atoms with Crippen molar-refractivity contribution in [3.8, 4) is 57.2 Å². The maximum absolute atomic E-state index is 5.90. The van der Waals surface area contributed by atoms with E-state index in [0.29, 0.717) is 29.0 Å². The molecule has 1 aromatic heterocycles. The largest absolute Gasteiger partial charge is 0.496 e. The highest BCUT2D eigenvalue weighted by Gasteiger charge is 2.24. The molecule has 7 nitrogen and oxygen atoms in total. The molecular formula is C32H37N3O4. The molecule has 0 amide bonds. The van der Waals surface area contributed by atoms with E-state index in [1.807, 2.05) is 39.8 Å². The molecule has 0 radical (unpaired) electrons. The van der Waals surface area contributed by atoms with Crippen LogP contribution < -0.4 is 18.9 Å². The van der Waals surface area contributed by atoms with Gasteiger partial charge in [0.15, 0.2) is 17.5 Å². The minimum Gasteiger partial charge on any atom is -0.496 e. The molecule has 0 aliphatic heterocycles. The molecule has 4 rings (SSSR count). The SMILES string of the molecule is COc1cc(C)c(-c2nc(-c3cc(C)c(OC)c(C)c3OC)nc(-c3c(C)cc(C)cc3C)n2)c(OC)c1C. The van der Waals surface area contributed by atoms with Crippen molar-refractivity contribution in [2.75, 3.05) is 28.4 Å². The summed E-state index contributed by atoms with van der Waals surface area (Å²) in [6, 6.07) is 8.29. The molecule has 3 aromatic carbocycles. The molecule has 39 heavy (non-hydrogen) atoms. The molecule has 0 atom stereocenters. The van der Waals surface area contributed by atoms with E-state index >= 15 is 0 Å². The van der Waals surface area contributed by atoms with E-state index in [-0.39, 0.29) is 0 Å². The summed E-state index contributed by atoms with van der Waals surface area (Å²) in [5, 5.41) is 0. The zero-order valence-electron chi connectivity index (χ0n) is 24.8. The van der Waals surface area contributed by atoms with Crippen molar-refractivity contribution in [1.29, 1.82) is 0 Å². The Morgan fingerprint density at radius 2 is 0.974 bits per heavy atom. The topological polar surface area (TPSA) is 75.6 Å². The summed E-state index contributed by atoms with van der Waals surface area (Å²) in [7, 11) is 6.63. The Kier molecular flexibility index (Phi) is 7.82. The Morgan fingerprint density at radius 1 is 0.462 bits per heavy atom. The summed E-state index contributed by atoms with van der Waals surface area (Å²) in [5.41, 5.74) is 9.58. The molecule has 0 unspecified atom stereocenters. The summed E-state index contributed by atoms with van der Waals surface area (Å²) in [4.78, 5) is 15.1. The minimum atomic E-state index is 0.509. The van der Waals surface area contributed by atoms with E-state index in [9.17, 15) is 0 Å². The molecule has 0 fully saturated rings. The third-order valence-electron chi connectivity index (χ3n) is 7.16. The van der Waals surface area contributed by atoms with E-state index in [1.54, 1.807) is 28.4 Å². The van der Waals surface area contributed by atoms with Crippen LogP contribution >= 0.6 is 0 Å². The minimum absolute atomic E-state index is 0.509. The smallest absolute Gasteiger partial charge is 0.168 e. The lowest BCUT2D eigenvalue weighted by atomic mass is 9.98. The van der Waals surface area contributed by atoms with E-state index in [0.717, 1.165) is 61.6 Å². The highest BCUT2D eigenvalue weighted by Crippen LogP contribution is 2.43. The second-order valence-corrected chi connectivity index (χ2v) is 9.94. The molecule has 0 saturated carbocycles. The van der Waals surface area contributed by atoms with Crippen molar-refractivity contribution < 1.29 is 18.9 Å². The fourth-order valence-electron chi connectivity index (χ4n) is 5.55. The summed E-state index contributed by atoms with van der Waals surface area (Å²) in [5.74, 6) is 4.47. The van der Waals surface area contributed by atoms with Crippen LogP contribution in [0, 0.1) is 48.5 Å². The summed E-state index contributed by atoms with van der Waals surface area (Å²) >= 11 is 0. The van der Waals surface area contributed by atoms with E-state index in [4.69, 9.17) is 33.9 Å². The maximum atomic E-state index is 5.90. The second kappa shape index (κ2) is 10.9. The Hall–Kier alpha value is -4.13. The lowest BCUT2D eigenvalue weighted by Gasteiger charge is -2.19. The highest BCUT2D eigenvalue weighted by atomic mass is 16.5. The number of benzene rings is 3. The number of hydrogen-bond donors (Lipinski definition) is 0. The zero-order chi connectivity index (χ0) is 28.6. The number of nitrogens with zero attached hydrogens (tertiary/aromatic N) is 3. The monoisotopic (exact) mass is 527 g/mol. The van der Waals surface area contributed by atoms with Crippen LogP contribution in [0.4, 0.5) is 0 Å². The van der Waals surface area contributed by atoms with Gasteiger partial charge in [-0.15, -0.1) is 0 Å². The van der Waals surface area contributed by atoms with Crippen molar-refractivity contribution in [3.63, 3.8) is 0 Å². The second-order valence-electron chi connectivity index (χ2n) is 9.94. The van der Waals surface area contributed by atoms with Gasteiger partial charge in [0.25, 0.3) is 0 Å². The van der Waals surface area contributed by atoms with Gasteiger partial charge >= 0.3 is 0 Å². The Labute approximate surface area is 231 Å². The van der Waals surface area contributed by atoms with Crippen LogP contribution in [0.15, 0.2) is 24.3 Å². The van der Waals surface area contributed by atoms with Crippen molar-refractivity contribution in [2.24, 2.45) is 0 Å². The molecule has 4 aromatic rings. The average molecular weight is 528 g/mol. The summed E-state index contributed by atoms with van der Waals surface area (Å²) < 4.78 is 23.0. The maximum Gasteiger partial charge on any atom is 0.168 e. The first-order chi connectivity index (χ1) is 18.6. The van der Waals surface area contributed by atoms with Gasteiger partial charge in [-0.25, -0.2) is 15.0 Å². The first-order valence-electron chi connectivity index (χ1n) is 12.9.